The van der Waals surface area contributed by atoms with Gasteiger partial charge in [-0.1, -0.05) is 26.0 Å². The van der Waals surface area contributed by atoms with E-state index in [1.54, 1.807) is 0 Å². The number of hydrogen-bond donors (Lipinski definition) is 3. The first-order valence-electron chi connectivity index (χ1n) is 9.50. The molecule has 1 aliphatic rings. The lowest BCUT2D eigenvalue weighted by molar-refractivity contribution is 0.0901. The molecule has 1 fully saturated rings. The maximum atomic E-state index is 10.2. The van der Waals surface area contributed by atoms with E-state index in [-0.39, 0.29) is 11.1 Å². The summed E-state index contributed by atoms with van der Waals surface area (Å²) in [7, 11) is 0. The van der Waals surface area contributed by atoms with Crippen LogP contribution in [0.4, 0.5) is 0 Å². The zero-order valence-corrected chi connectivity index (χ0v) is 16.7. The second-order valence-electron chi connectivity index (χ2n) is 9.09. The molecule has 0 saturated carbocycles. The Kier molecular flexibility index (Phi) is 6.52. The fraction of sp³-hybridized carbons (Fsp3) is 0.714. The number of aliphatic hydroxyl groups excluding tert-OH is 1. The van der Waals surface area contributed by atoms with Crippen LogP contribution >= 0.6 is 0 Å². The zero-order chi connectivity index (χ0) is 18.7. The molecule has 0 spiro atoms. The van der Waals surface area contributed by atoms with Crippen molar-refractivity contribution in [3.05, 3.63) is 29.8 Å². The van der Waals surface area contributed by atoms with Crippen molar-refractivity contribution >= 4 is 0 Å². The van der Waals surface area contributed by atoms with E-state index in [1.165, 1.54) is 5.56 Å². The molecule has 142 valence electrons. The number of aliphatic hydroxyl groups is 1. The summed E-state index contributed by atoms with van der Waals surface area (Å²) in [6, 6.07) is 8.54. The highest BCUT2D eigenvalue weighted by atomic mass is 16.5. The Bertz CT molecular complexity index is 521. The minimum absolute atomic E-state index is 0.110. The average Bonchev–Trinajstić information content (AvgIpc) is 2.48. The molecule has 0 amide bonds. The molecule has 25 heavy (non-hydrogen) atoms. The van der Waals surface area contributed by atoms with Crippen LogP contribution < -0.4 is 15.4 Å². The molecule has 0 radical (unpaired) electrons. The lowest BCUT2D eigenvalue weighted by Gasteiger charge is -2.47. The summed E-state index contributed by atoms with van der Waals surface area (Å²) in [5, 5.41) is 17.4. The van der Waals surface area contributed by atoms with Crippen LogP contribution in [0.5, 0.6) is 5.75 Å². The summed E-state index contributed by atoms with van der Waals surface area (Å²) >= 11 is 0. The number of nitrogens with one attached hydrogen (secondary N) is 2. The monoisotopic (exact) mass is 348 g/mol. The molecule has 2 rings (SSSR count). The third-order valence-corrected chi connectivity index (χ3v) is 4.82. The number of ether oxygens (including phenoxy) is 1. The molecule has 1 aromatic carbocycles. The van der Waals surface area contributed by atoms with Gasteiger partial charge in [0.05, 0.1) is 0 Å². The van der Waals surface area contributed by atoms with E-state index in [1.807, 2.05) is 12.1 Å². The third-order valence-electron chi connectivity index (χ3n) is 4.82. The minimum atomic E-state index is -0.508. The van der Waals surface area contributed by atoms with Gasteiger partial charge in [-0.25, -0.2) is 0 Å². The summed E-state index contributed by atoms with van der Waals surface area (Å²) < 4.78 is 5.72. The standard InChI is InChI=1S/C21H36N2O2/c1-15(2)16-7-9-19(10-8-16)25-14-18(24)13-22-17-11-20(3,4)23-21(5,6)12-17/h7-10,15,17-18,22-24H,11-14H2,1-6H3. The Morgan fingerprint density at radius 1 is 1.12 bits per heavy atom. The predicted octanol–water partition coefficient (Wildman–Crippen LogP) is 3.45. The highest BCUT2D eigenvalue weighted by molar-refractivity contribution is 5.28. The first-order chi connectivity index (χ1) is 11.6. The molecule has 4 nitrogen and oxygen atoms in total. The van der Waals surface area contributed by atoms with Gasteiger partial charge in [0.15, 0.2) is 0 Å². The number of hydrogen-bond acceptors (Lipinski definition) is 4. The van der Waals surface area contributed by atoms with Gasteiger partial charge in [0.25, 0.3) is 0 Å². The Balaban J connectivity index is 1.76. The van der Waals surface area contributed by atoms with Crippen LogP contribution in [-0.2, 0) is 0 Å². The van der Waals surface area contributed by atoms with E-state index in [2.05, 4.69) is 64.3 Å². The van der Waals surface area contributed by atoms with Crippen molar-refractivity contribution in [3.8, 4) is 5.75 Å². The molecule has 0 aromatic heterocycles. The lowest BCUT2D eigenvalue weighted by Crippen LogP contribution is -2.62. The van der Waals surface area contributed by atoms with Crippen LogP contribution in [0.2, 0.25) is 0 Å². The molecule has 0 bridgehead atoms. The maximum absolute atomic E-state index is 10.2. The molecule has 1 aliphatic heterocycles. The third kappa shape index (κ3) is 6.61. The van der Waals surface area contributed by atoms with Crippen molar-refractivity contribution in [2.45, 2.75) is 83.5 Å². The van der Waals surface area contributed by atoms with Gasteiger partial charge in [-0.3, -0.25) is 0 Å². The average molecular weight is 349 g/mol. The Morgan fingerprint density at radius 3 is 2.20 bits per heavy atom. The van der Waals surface area contributed by atoms with Crippen LogP contribution in [0.1, 0.15) is 65.9 Å². The van der Waals surface area contributed by atoms with Gasteiger partial charge in [-0.05, 0) is 64.2 Å². The molecule has 1 aromatic rings. The molecule has 1 atom stereocenters. The smallest absolute Gasteiger partial charge is 0.119 e. The van der Waals surface area contributed by atoms with Crippen molar-refractivity contribution in [3.63, 3.8) is 0 Å². The summed E-state index contributed by atoms with van der Waals surface area (Å²) in [5.74, 6) is 1.33. The van der Waals surface area contributed by atoms with Gasteiger partial charge < -0.3 is 20.5 Å². The second-order valence-corrected chi connectivity index (χ2v) is 9.09. The van der Waals surface area contributed by atoms with Crippen LogP contribution in [0, 0.1) is 0 Å². The zero-order valence-electron chi connectivity index (χ0n) is 16.7. The maximum Gasteiger partial charge on any atom is 0.119 e. The second kappa shape index (κ2) is 8.07. The Labute approximate surface area is 153 Å². The summed E-state index contributed by atoms with van der Waals surface area (Å²) in [6.45, 7) is 14.2. The molecule has 1 unspecified atom stereocenters. The highest BCUT2D eigenvalue weighted by Gasteiger charge is 2.37. The van der Waals surface area contributed by atoms with Gasteiger partial charge in [0, 0.05) is 23.7 Å². The minimum Gasteiger partial charge on any atom is -0.491 e. The van der Waals surface area contributed by atoms with Crippen molar-refractivity contribution < 1.29 is 9.84 Å². The Hall–Kier alpha value is -1.10. The van der Waals surface area contributed by atoms with E-state index in [0.29, 0.717) is 25.1 Å². The van der Waals surface area contributed by atoms with Gasteiger partial charge in [0.1, 0.15) is 18.5 Å². The molecular formula is C21H36N2O2. The molecule has 0 aliphatic carbocycles. The van der Waals surface area contributed by atoms with E-state index in [0.717, 1.165) is 18.6 Å². The number of rotatable bonds is 7. The van der Waals surface area contributed by atoms with E-state index >= 15 is 0 Å². The van der Waals surface area contributed by atoms with Crippen molar-refractivity contribution in [1.82, 2.24) is 10.6 Å². The van der Waals surface area contributed by atoms with Crippen molar-refractivity contribution in [2.24, 2.45) is 0 Å². The summed E-state index contributed by atoms with van der Waals surface area (Å²) in [6.07, 6.45) is 1.60. The fourth-order valence-electron chi connectivity index (χ4n) is 3.97. The SMILES string of the molecule is CC(C)c1ccc(OCC(O)CNC2CC(C)(C)NC(C)(C)C2)cc1. The first-order valence-corrected chi connectivity index (χ1v) is 9.50. The number of benzene rings is 1. The summed E-state index contributed by atoms with van der Waals surface area (Å²) in [4.78, 5) is 0. The molecular weight excluding hydrogens is 312 g/mol. The van der Waals surface area contributed by atoms with Crippen LogP contribution in [0.15, 0.2) is 24.3 Å². The van der Waals surface area contributed by atoms with Crippen LogP contribution in [0.25, 0.3) is 0 Å². The molecule has 1 heterocycles. The molecule has 3 N–H and O–H groups in total. The first kappa shape index (κ1) is 20.2. The van der Waals surface area contributed by atoms with Crippen molar-refractivity contribution in [1.29, 1.82) is 0 Å². The fourth-order valence-corrected chi connectivity index (χ4v) is 3.97. The van der Waals surface area contributed by atoms with E-state index < -0.39 is 6.10 Å². The largest absolute Gasteiger partial charge is 0.491 e. The van der Waals surface area contributed by atoms with Crippen molar-refractivity contribution in [2.75, 3.05) is 13.2 Å². The Morgan fingerprint density at radius 2 is 1.68 bits per heavy atom. The lowest BCUT2D eigenvalue weighted by atomic mass is 9.79. The van der Waals surface area contributed by atoms with Gasteiger partial charge >= 0.3 is 0 Å². The molecule has 4 heteroatoms. The molecule has 1 saturated heterocycles. The normalized spacial score (nSPS) is 21.3. The number of piperidine rings is 1. The van der Waals surface area contributed by atoms with Gasteiger partial charge in [-0.2, -0.15) is 0 Å². The van der Waals surface area contributed by atoms with Crippen LogP contribution in [0.3, 0.4) is 0 Å². The topological polar surface area (TPSA) is 53.5 Å². The predicted molar refractivity (Wildman–Crippen MR) is 104 cm³/mol. The summed E-state index contributed by atoms with van der Waals surface area (Å²) in [5.41, 5.74) is 1.52. The van der Waals surface area contributed by atoms with Gasteiger partial charge in [0.2, 0.25) is 0 Å². The van der Waals surface area contributed by atoms with E-state index in [4.69, 9.17) is 4.74 Å². The van der Waals surface area contributed by atoms with Gasteiger partial charge in [-0.15, -0.1) is 0 Å². The highest BCUT2D eigenvalue weighted by Crippen LogP contribution is 2.28. The van der Waals surface area contributed by atoms with E-state index in [9.17, 15) is 5.11 Å². The van der Waals surface area contributed by atoms with Crippen LogP contribution in [-0.4, -0.2) is 41.5 Å². The quantitative estimate of drug-likeness (QED) is 0.706.